The molecule has 2 rings (SSSR count). The summed E-state index contributed by atoms with van der Waals surface area (Å²) < 4.78 is 5.13. The number of hydrogen-bond acceptors (Lipinski definition) is 4. The van der Waals surface area contributed by atoms with Gasteiger partial charge in [0.2, 0.25) is 0 Å². The minimum Gasteiger partial charge on any atom is -0.389 e. The Morgan fingerprint density at radius 2 is 2.40 bits per heavy atom. The normalized spacial score (nSPS) is 25.7. The second-order valence-corrected chi connectivity index (χ2v) is 3.97. The van der Waals surface area contributed by atoms with Gasteiger partial charge in [-0.05, 0) is 11.6 Å². The molecule has 0 aromatic carbocycles. The molecule has 82 valence electrons. The lowest BCUT2D eigenvalue weighted by molar-refractivity contribution is 0.122. The largest absolute Gasteiger partial charge is 0.389 e. The number of aliphatic hydroxyl groups is 1. The van der Waals surface area contributed by atoms with Gasteiger partial charge in [-0.15, -0.1) is 0 Å². The van der Waals surface area contributed by atoms with E-state index in [9.17, 15) is 5.11 Å². The van der Waals surface area contributed by atoms with Gasteiger partial charge in [-0.3, -0.25) is 0 Å². The summed E-state index contributed by atoms with van der Waals surface area (Å²) >= 11 is 5.67. The fourth-order valence-electron chi connectivity index (χ4n) is 1.50. The van der Waals surface area contributed by atoms with Crippen LogP contribution in [0.3, 0.4) is 0 Å². The molecule has 15 heavy (non-hydrogen) atoms. The van der Waals surface area contributed by atoms with Crippen LogP contribution in [-0.4, -0.2) is 35.5 Å². The van der Waals surface area contributed by atoms with Crippen molar-refractivity contribution in [3.05, 3.63) is 29.0 Å². The third-order valence-electron chi connectivity index (χ3n) is 2.41. The maximum Gasteiger partial charge on any atom is 0.129 e. The summed E-state index contributed by atoms with van der Waals surface area (Å²) in [5, 5.41) is 13.2. The molecule has 1 aromatic rings. The Morgan fingerprint density at radius 3 is 3.00 bits per heavy atom. The number of halogens is 1. The first-order chi connectivity index (χ1) is 7.25. The Bertz CT molecular complexity index is 318. The molecule has 4 nitrogen and oxygen atoms in total. The molecule has 0 amide bonds. The highest BCUT2D eigenvalue weighted by molar-refractivity contribution is 6.29. The first kappa shape index (κ1) is 10.8. The molecule has 2 unspecified atom stereocenters. The van der Waals surface area contributed by atoms with Crippen molar-refractivity contribution in [2.24, 2.45) is 0 Å². The average molecular weight is 229 g/mol. The molecule has 0 radical (unpaired) electrons. The lowest BCUT2D eigenvalue weighted by Crippen LogP contribution is -2.38. The van der Waals surface area contributed by atoms with Gasteiger partial charge in [0, 0.05) is 12.7 Å². The van der Waals surface area contributed by atoms with Gasteiger partial charge >= 0.3 is 0 Å². The summed E-state index contributed by atoms with van der Waals surface area (Å²) in [6.45, 7) is 1.63. The Labute approximate surface area is 93.2 Å². The topological polar surface area (TPSA) is 54.4 Å². The Morgan fingerprint density at radius 1 is 1.53 bits per heavy atom. The summed E-state index contributed by atoms with van der Waals surface area (Å²) in [7, 11) is 0. The molecule has 1 aliphatic rings. The summed E-state index contributed by atoms with van der Waals surface area (Å²) in [6.07, 6.45) is 1.31. The van der Waals surface area contributed by atoms with Crippen LogP contribution in [0.2, 0.25) is 5.15 Å². The van der Waals surface area contributed by atoms with E-state index in [1.54, 1.807) is 12.3 Å². The van der Waals surface area contributed by atoms with Crippen LogP contribution in [-0.2, 0) is 11.3 Å². The van der Waals surface area contributed by atoms with Gasteiger partial charge in [0.1, 0.15) is 5.15 Å². The van der Waals surface area contributed by atoms with Crippen molar-refractivity contribution in [1.82, 2.24) is 10.3 Å². The smallest absolute Gasteiger partial charge is 0.129 e. The number of hydrogen-bond donors (Lipinski definition) is 2. The first-order valence-corrected chi connectivity index (χ1v) is 5.23. The number of ether oxygens (including phenoxy) is 1. The van der Waals surface area contributed by atoms with Gasteiger partial charge in [-0.25, -0.2) is 4.98 Å². The van der Waals surface area contributed by atoms with Gasteiger partial charge < -0.3 is 15.2 Å². The highest BCUT2D eigenvalue weighted by Gasteiger charge is 2.25. The predicted octanol–water partition coefficient (Wildman–Crippen LogP) is 0.584. The van der Waals surface area contributed by atoms with Gasteiger partial charge in [-0.1, -0.05) is 17.7 Å². The van der Waals surface area contributed by atoms with E-state index < -0.39 is 6.10 Å². The summed E-state index contributed by atoms with van der Waals surface area (Å²) in [5.74, 6) is 0. The average Bonchev–Trinajstić information content (AvgIpc) is 2.63. The third-order valence-corrected chi connectivity index (χ3v) is 2.63. The van der Waals surface area contributed by atoms with E-state index in [1.165, 1.54) is 0 Å². The van der Waals surface area contributed by atoms with E-state index in [1.807, 2.05) is 6.07 Å². The standard InChI is InChI=1S/C10H13ClN2O2/c11-10-2-1-7(4-13-10)3-12-8-5-15-6-9(8)14/h1-2,4,8-9,12,14H,3,5-6H2. The molecule has 1 fully saturated rings. The van der Waals surface area contributed by atoms with E-state index in [2.05, 4.69) is 10.3 Å². The van der Waals surface area contributed by atoms with E-state index in [0.717, 1.165) is 5.56 Å². The Balaban J connectivity index is 1.85. The van der Waals surface area contributed by atoms with Gasteiger partial charge in [0.25, 0.3) is 0 Å². The Hall–Kier alpha value is -0.680. The van der Waals surface area contributed by atoms with Crippen LogP contribution in [0.1, 0.15) is 5.56 Å². The molecule has 2 atom stereocenters. The monoisotopic (exact) mass is 228 g/mol. The SMILES string of the molecule is OC1COCC1NCc1ccc(Cl)nc1. The van der Waals surface area contributed by atoms with Gasteiger partial charge in [0.05, 0.1) is 25.4 Å². The third kappa shape index (κ3) is 2.89. The first-order valence-electron chi connectivity index (χ1n) is 4.85. The van der Waals surface area contributed by atoms with E-state index in [-0.39, 0.29) is 6.04 Å². The van der Waals surface area contributed by atoms with Crippen molar-refractivity contribution in [3.8, 4) is 0 Å². The summed E-state index contributed by atoms with van der Waals surface area (Å²) in [4.78, 5) is 3.98. The van der Waals surface area contributed by atoms with Crippen molar-refractivity contribution in [3.63, 3.8) is 0 Å². The summed E-state index contributed by atoms with van der Waals surface area (Å²) in [6, 6.07) is 3.67. The number of aliphatic hydroxyl groups excluding tert-OH is 1. The molecule has 2 heterocycles. The number of nitrogens with zero attached hydrogens (tertiary/aromatic N) is 1. The molecular weight excluding hydrogens is 216 g/mol. The van der Waals surface area contributed by atoms with E-state index in [4.69, 9.17) is 16.3 Å². The molecule has 0 bridgehead atoms. The zero-order chi connectivity index (χ0) is 10.7. The number of rotatable bonds is 3. The molecule has 5 heteroatoms. The van der Waals surface area contributed by atoms with Crippen LogP contribution in [0.4, 0.5) is 0 Å². The zero-order valence-electron chi connectivity index (χ0n) is 8.19. The maximum atomic E-state index is 9.49. The number of pyridine rings is 1. The number of aromatic nitrogens is 1. The van der Waals surface area contributed by atoms with Gasteiger partial charge in [-0.2, -0.15) is 0 Å². The minimum absolute atomic E-state index is 0.0145. The molecule has 2 N–H and O–H groups in total. The lowest BCUT2D eigenvalue weighted by Gasteiger charge is -2.14. The van der Waals surface area contributed by atoms with Crippen LogP contribution in [0.5, 0.6) is 0 Å². The van der Waals surface area contributed by atoms with E-state index >= 15 is 0 Å². The quantitative estimate of drug-likeness (QED) is 0.744. The van der Waals surface area contributed by atoms with Crippen LogP contribution in [0.15, 0.2) is 18.3 Å². The molecule has 1 aliphatic heterocycles. The molecule has 1 aromatic heterocycles. The fraction of sp³-hybridized carbons (Fsp3) is 0.500. The highest BCUT2D eigenvalue weighted by atomic mass is 35.5. The van der Waals surface area contributed by atoms with Crippen molar-refractivity contribution in [2.45, 2.75) is 18.7 Å². The molecular formula is C10H13ClN2O2. The van der Waals surface area contributed by atoms with Crippen LogP contribution in [0, 0.1) is 0 Å². The second kappa shape index (κ2) is 4.90. The minimum atomic E-state index is -0.412. The van der Waals surface area contributed by atoms with Crippen LogP contribution in [0.25, 0.3) is 0 Å². The zero-order valence-corrected chi connectivity index (χ0v) is 8.94. The molecule has 1 saturated heterocycles. The van der Waals surface area contributed by atoms with Crippen molar-refractivity contribution in [1.29, 1.82) is 0 Å². The van der Waals surface area contributed by atoms with Crippen molar-refractivity contribution < 1.29 is 9.84 Å². The maximum absolute atomic E-state index is 9.49. The van der Waals surface area contributed by atoms with Gasteiger partial charge in [0.15, 0.2) is 0 Å². The Kier molecular flexibility index (Phi) is 3.53. The number of nitrogens with one attached hydrogen (secondary N) is 1. The van der Waals surface area contributed by atoms with Crippen molar-refractivity contribution >= 4 is 11.6 Å². The van der Waals surface area contributed by atoms with Crippen LogP contribution >= 0.6 is 11.6 Å². The highest BCUT2D eigenvalue weighted by Crippen LogP contribution is 2.08. The predicted molar refractivity (Wildman–Crippen MR) is 56.7 cm³/mol. The van der Waals surface area contributed by atoms with E-state index in [0.29, 0.717) is 24.9 Å². The molecule has 0 spiro atoms. The second-order valence-electron chi connectivity index (χ2n) is 3.58. The summed E-state index contributed by atoms with van der Waals surface area (Å²) in [5.41, 5.74) is 1.04. The van der Waals surface area contributed by atoms with Crippen LogP contribution < -0.4 is 5.32 Å². The molecule has 0 saturated carbocycles. The lowest BCUT2D eigenvalue weighted by atomic mass is 10.2. The fourth-order valence-corrected chi connectivity index (χ4v) is 1.61. The molecule has 0 aliphatic carbocycles. The van der Waals surface area contributed by atoms with Crippen molar-refractivity contribution in [2.75, 3.05) is 13.2 Å².